The highest BCUT2D eigenvalue weighted by Crippen LogP contribution is 2.27. The summed E-state index contributed by atoms with van der Waals surface area (Å²) in [6.45, 7) is 2.34. The number of thioether (sulfide) groups is 1. The quantitative estimate of drug-likeness (QED) is 0.760. The Morgan fingerprint density at radius 1 is 1.35 bits per heavy atom. The molecule has 0 aromatic heterocycles. The van der Waals surface area contributed by atoms with E-state index in [4.69, 9.17) is 14.6 Å². The van der Waals surface area contributed by atoms with Crippen molar-refractivity contribution in [2.24, 2.45) is 0 Å². The van der Waals surface area contributed by atoms with Crippen molar-refractivity contribution in [2.75, 3.05) is 26.6 Å². The van der Waals surface area contributed by atoms with Crippen molar-refractivity contribution in [3.05, 3.63) is 23.8 Å². The average molecular weight is 299 g/mol. The van der Waals surface area contributed by atoms with Gasteiger partial charge < -0.3 is 19.9 Å². The summed E-state index contributed by atoms with van der Waals surface area (Å²) in [7, 11) is 3.16. The third-order valence-corrected chi connectivity index (χ3v) is 3.88. The second-order valence-electron chi connectivity index (χ2n) is 4.14. The number of ether oxygens (including phenoxy) is 2. The number of hydrogen-bond acceptors (Lipinski definition) is 5. The van der Waals surface area contributed by atoms with Crippen molar-refractivity contribution < 1.29 is 19.4 Å². The Labute approximate surface area is 123 Å². The second kappa shape index (κ2) is 8.71. The molecule has 1 aromatic carbocycles. The van der Waals surface area contributed by atoms with Crippen molar-refractivity contribution in [2.45, 2.75) is 18.7 Å². The Bertz CT molecular complexity index is 439. The molecule has 0 radical (unpaired) electrons. The minimum Gasteiger partial charge on any atom is -0.493 e. The van der Waals surface area contributed by atoms with Gasteiger partial charge in [0.25, 0.3) is 0 Å². The van der Waals surface area contributed by atoms with E-state index in [1.807, 2.05) is 25.1 Å². The van der Waals surface area contributed by atoms with Crippen molar-refractivity contribution >= 4 is 17.7 Å². The first kappa shape index (κ1) is 16.7. The molecule has 112 valence electrons. The highest BCUT2D eigenvalue weighted by atomic mass is 32.2. The minimum atomic E-state index is -0.178. The largest absolute Gasteiger partial charge is 0.493 e. The molecule has 0 saturated heterocycles. The lowest BCUT2D eigenvalue weighted by molar-refractivity contribution is -0.120. The monoisotopic (exact) mass is 299 g/mol. The molecule has 1 rings (SSSR count). The first-order chi connectivity index (χ1) is 9.62. The summed E-state index contributed by atoms with van der Waals surface area (Å²) in [5, 5.41) is 11.4. The van der Waals surface area contributed by atoms with Crippen LogP contribution in [0, 0.1) is 0 Å². The van der Waals surface area contributed by atoms with Crippen molar-refractivity contribution in [1.82, 2.24) is 5.32 Å². The van der Waals surface area contributed by atoms with Crippen molar-refractivity contribution in [1.29, 1.82) is 0 Å². The molecular formula is C14H21NO4S. The van der Waals surface area contributed by atoms with Crippen LogP contribution in [0.15, 0.2) is 18.2 Å². The summed E-state index contributed by atoms with van der Waals surface area (Å²) in [6, 6.07) is 5.53. The predicted octanol–water partition coefficient (Wildman–Crippen LogP) is 1.43. The molecule has 2 N–H and O–H groups in total. The minimum absolute atomic E-state index is 0.0433. The average Bonchev–Trinajstić information content (AvgIpc) is 2.49. The first-order valence-corrected chi connectivity index (χ1v) is 7.38. The van der Waals surface area contributed by atoms with Gasteiger partial charge in [0.15, 0.2) is 11.5 Å². The van der Waals surface area contributed by atoms with E-state index in [0.717, 1.165) is 5.56 Å². The first-order valence-electron chi connectivity index (χ1n) is 6.33. The highest BCUT2D eigenvalue weighted by Gasteiger charge is 2.13. The fraction of sp³-hybridized carbons (Fsp3) is 0.500. The summed E-state index contributed by atoms with van der Waals surface area (Å²) < 4.78 is 10.4. The SMILES string of the molecule is COc1ccc(CNC(=O)C(C)SCCO)cc1OC. The number of hydrogen-bond donors (Lipinski definition) is 2. The Kier molecular flexibility index (Phi) is 7.25. The lowest BCUT2D eigenvalue weighted by atomic mass is 10.2. The molecule has 6 heteroatoms. The number of methoxy groups -OCH3 is 2. The van der Waals surface area contributed by atoms with Crippen LogP contribution in [0.25, 0.3) is 0 Å². The molecule has 20 heavy (non-hydrogen) atoms. The fourth-order valence-electron chi connectivity index (χ4n) is 1.63. The number of nitrogens with one attached hydrogen (secondary N) is 1. The lowest BCUT2D eigenvalue weighted by Gasteiger charge is -2.13. The summed E-state index contributed by atoms with van der Waals surface area (Å²) in [5.74, 6) is 1.82. The molecule has 0 bridgehead atoms. The van der Waals surface area contributed by atoms with E-state index in [-0.39, 0.29) is 17.8 Å². The van der Waals surface area contributed by atoms with Gasteiger partial charge in [-0.2, -0.15) is 0 Å². The van der Waals surface area contributed by atoms with Crippen molar-refractivity contribution in [3.63, 3.8) is 0 Å². The van der Waals surface area contributed by atoms with Gasteiger partial charge in [-0.25, -0.2) is 0 Å². The second-order valence-corrected chi connectivity index (χ2v) is 5.59. The molecule has 0 fully saturated rings. The van der Waals surface area contributed by atoms with Crippen LogP contribution in [0.4, 0.5) is 0 Å². The third kappa shape index (κ3) is 4.94. The number of carbonyl (C=O) groups excluding carboxylic acids is 1. The van der Waals surface area contributed by atoms with Gasteiger partial charge in [0.05, 0.1) is 26.1 Å². The van der Waals surface area contributed by atoms with Crippen LogP contribution >= 0.6 is 11.8 Å². The zero-order valence-corrected chi connectivity index (χ0v) is 12.8. The van der Waals surface area contributed by atoms with Gasteiger partial charge in [0.1, 0.15) is 0 Å². The molecule has 0 aliphatic rings. The van der Waals surface area contributed by atoms with E-state index in [1.165, 1.54) is 11.8 Å². The Balaban J connectivity index is 2.55. The molecular weight excluding hydrogens is 278 g/mol. The summed E-state index contributed by atoms with van der Waals surface area (Å²) in [5.41, 5.74) is 0.940. The van der Waals surface area contributed by atoms with Crippen LogP contribution in [-0.2, 0) is 11.3 Å². The number of carbonyl (C=O) groups is 1. The molecule has 1 unspecified atom stereocenters. The van der Waals surface area contributed by atoms with Crippen molar-refractivity contribution in [3.8, 4) is 11.5 Å². The number of aliphatic hydroxyl groups is 1. The van der Waals surface area contributed by atoms with Crippen LogP contribution in [0.3, 0.4) is 0 Å². The van der Waals surface area contributed by atoms with Gasteiger partial charge in [-0.05, 0) is 24.6 Å². The highest BCUT2D eigenvalue weighted by molar-refractivity contribution is 8.00. The lowest BCUT2D eigenvalue weighted by Crippen LogP contribution is -2.30. The molecule has 5 nitrogen and oxygen atoms in total. The van der Waals surface area contributed by atoms with Crippen LogP contribution in [0.2, 0.25) is 0 Å². The van der Waals surface area contributed by atoms with Gasteiger partial charge >= 0.3 is 0 Å². The molecule has 0 aliphatic heterocycles. The fourth-order valence-corrected chi connectivity index (χ4v) is 2.32. The van der Waals surface area contributed by atoms with Gasteiger partial charge in [-0.15, -0.1) is 11.8 Å². The van der Waals surface area contributed by atoms with E-state index in [0.29, 0.717) is 23.8 Å². The smallest absolute Gasteiger partial charge is 0.233 e. The number of amides is 1. The standard InChI is InChI=1S/C14H21NO4S/c1-10(20-7-6-16)14(17)15-9-11-4-5-12(18-2)13(8-11)19-3/h4-5,8,10,16H,6-7,9H2,1-3H3,(H,15,17). The zero-order valence-electron chi connectivity index (χ0n) is 12.0. The van der Waals surface area contributed by atoms with Gasteiger partial charge in [-0.1, -0.05) is 6.07 Å². The van der Waals surface area contributed by atoms with E-state index in [9.17, 15) is 4.79 Å². The van der Waals surface area contributed by atoms with E-state index in [2.05, 4.69) is 5.32 Å². The Hall–Kier alpha value is -1.40. The predicted molar refractivity (Wildman–Crippen MR) is 80.4 cm³/mol. The summed E-state index contributed by atoms with van der Waals surface area (Å²) in [6.07, 6.45) is 0. The maximum absolute atomic E-state index is 11.8. The topological polar surface area (TPSA) is 67.8 Å². The third-order valence-electron chi connectivity index (χ3n) is 2.74. The Morgan fingerprint density at radius 2 is 2.05 bits per heavy atom. The number of benzene rings is 1. The van der Waals surface area contributed by atoms with E-state index >= 15 is 0 Å². The number of rotatable bonds is 8. The maximum atomic E-state index is 11.8. The van der Waals surface area contributed by atoms with Crippen LogP contribution in [0.1, 0.15) is 12.5 Å². The van der Waals surface area contributed by atoms with Crippen LogP contribution in [0.5, 0.6) is 11.5 Å². The zero-order chi connectivity index (χ0) is 15.0. The molecule has 1 atom stereocenters. The summed E-state index contributed by atoms with van der Waals surface area (Å²) >= 11 is 1.43. The van der Waals surface area contributed by atoms with Crippen LogP contribution in [-0.4, -0.2) is 42.8 Å². The molecule has 0 spiro atoms. The molecule has 1 aromatic rings. The number of aliphatic hydroxyl groups excluding tert-OH is 1. The maximum Gasteiger partial charge on any atom is 0.233 e. The van der Waals surface area contributed by atoms with Gasteiger partial charge in [0.2, 0.25) is 5.91 Å². The van der Waals surface area contributed by atoms with Crippen LogP contribution < -0.4 is 14.8 Å². The molecule has 0 saturated carbocycles. The normalized spacial score (nSPS) is 11.8. The van der Waals surface area contributed by atoms with E-state index in [1.54, 1.807) is 14.2 Å². The van der Waals surface area contributed by atoms with E-state index < -0.39 is 0 Å². The molecule has 0 aliphatic carbocycles. The van der Waals surface area contributed by atoms with Gasteiger partial charge in [-0.3, -0.25) is 4.79 Å². The summed E-state index contributed by atoms with van der Waals surface area (Å²) in [4.78, 5) is 11.8. The molecule has 1 amide bonds. The Morgan fingerprint density at radius 3 is 2.65 bits per heavy atom. The molecule has 0 heterocycles. The van der Waals surface area contributed by atoms with Gasteiger partial charge in [0, 0.05) is 12.3 Å².